The number of carbonyl (C=O) groups excluding carboxylic acids is 3. The minimum Gasteiger partial charge on any atom is -0.484 e. The molecule has 0 aliphatic heterocycles. The van der Waals surface area contributed by atoms with Crippen molar-refractivity contribution < 1.29 is 23.9 Å². The average molecular weight is 398 g/mol. The Morgan fingerprint density at radius 2 is 1.58 bits per heavy atom. The van der Waals surface area contributed by atoms with Crippen LogP contribution in [0.1, 0.15) is 10.4 Å². The smallest absolute Gasteiger partial charge is 0.340 e. The first-order valence-corrected chi connectivity index (χ1v) is 7.94. The third-order valence-corrected chi connectivity index (χ3v) is 3.30. The third kappa shape index (κ3) is 6.58. The maximum absolute atomic E-state index is 11.7. The molecule has 1 heterocycles. The highest BCUT2D eigenvalue weighted by molar-refractivity contribution is 6.30. The summed E-state index contributed by atoms with van der Waals surface area (Å²) in [6.07, 6.45) is 1.22. The molecule has 0 unspecified atom stereocenters. The van der Waals surface area contributed by atoms with Gasteiger partial charge in [0, 0.05) is 11.2 Å². The Labute approximate surface area is 158 Å². The molecule has 8 nitrogen and oxygen atoms in total. The van der Waals surface area contributed by atoms with Crippen LogP contribution in [0.2, 0.25) is 10.2 Å². The Hall–Kier alpha value is -2.84. The standard InChI is InChI=1S/C16H13Cl2N3O5/c17-11-2-4-12(5-3-11)25-8-14(22)20-21-15(23)9-26-16(24)10-1-6-13(18)19-7-10/h1-7H,8-9H2,(H,20,22)(H,21,23). The highest BCUT2D eigenvalue weighted by Gasteiger charge is 2.11. The summed E-state index contributed by atoms with van der Waals surface area (Å²) in [6.45, 7) is -0.905. The molecular weight excluding hydrogens is 385 g/mol. The first-order valence-electron chi connectivity index (χ1n) is 7.19. The molecular formula is C16H13Cl2N3O5. The van der Waals surface area contributed by atoms with E-state index in [1.807, 2.05) is 0 Å². The molecule has 0 bridgehead atoms. The molecule has 0 saturated heterocycles. The van der Waals surface area contributed by atoms with Crippen LogP contribution in [-0.2, 0) is 14.3 Å². The maximum Gasteiger partial charge on any atom is 0.340 e. The molecule has 1 aromatic heterocycles. The number of ether oxygens (including phenoxy) is 2. The minimum absolute atomic E-state index is 0.141. The molecule has 0 fully saturated rings. The topological polar surface area (TPSA) is 107 Å². The Kier molecular flexibility index (Phi) is 7.19. The molecule has 0 atom stereocenters. The lowest BCUT2D eigenvalue weighted by Crippen LogP contribution is -2.45. The summed E-state index contributed by atoms with van der Waals surface area (Å²) in [5, 5.41) is 0.765. The molecule has 26 heavy (non-hydrogen) atoms. The van der Waals surface area contributed by atoms with Gasteiger partial charge < -0.3 is 9.47 Å². The van der Waals surface area contributed by atoms with Crippen molar-refractivity contribution in [2.75, 3.05) is 13.2 Å². The number of amides is 2. The van der Waals surface area contributed by atoms with Crippen molar-refractivity contribution in [3.63, 3.8) is 0 Å². The van der Waals surface area contributed by atoms with E-state index in [4.69, 9.17) is 32.7 Å². The van der Waals surface area contributed by atoms with Gasteiger partial charge in [-0.3, -0.25) is 20.4 Å². The zero-order chi connectivity index (χ0) is 18.9. The zero-order valence-electron chi connectivity index (χ0n) is 13.2. The fourth-order valence-electron chi connectivity index (χ4n) is 1.60. The van der Waals surface area contributed by atoms with Gasteiger partial charge in [0.1, 0.15) is 10.9 Å². The van der Waals surface area contributed by atoms with E-state index in [1.54, 1.807) is 24.3 Å². The van der Waals surface area contributed by atoms with Gasteiger partial charge in [-0.25, -0.2) is 9.78 Å². The van der Waals surface area contributed by atoms with Gasteiger partial charge in [-0.2, -0.15) is 0 Å². The number of carbonyl (C=O) groups is 3. The van der Waals surface area contributed by atoms with Gasteiger partial charge in [0.15, 0.2) is 13.2 Å². The van der Waals surface area contributed by atoms with E-state index >= 15 is 0 Å². The summed E-state index contributed by atoms with van der Waals surface area (Å²) in [6, 6.07) is 9.24. The summed E-state index contributed by atoms with van der Waals surface area (Å²) in [4.78, 5) is 38.5. The Balaban J connectivity index is 1.66. The molecule has 0 aliphatic rings. The predicted octanol–water partition coefficient (Wildman–Crippen LogP) is 1.77. The SMILES string of the molecule is O=C(COC(=O)c1ccc(Cl)nc1)NNC(=O)COc1ccc(Cl)cc1. The fraction of sp³-hybridized carbons (Fsp3) is 0.125. The van der Waals surface area contributed by atoms with E-state index in [9.17, 15) is 14.4 Å². The van der Waals surface area contributed by atoms with Crippen LogP contribution in [0.25, 0.3) is 0 Å². The van der Waals surface area contributed by atoms with Gasteiger partial charge in [-0.1, -0.05) is 23.2 Å². The number of benzene rings is 1. The second-order valence-corrected chi connectivity index (χ2v) is 5.61. The lowest BCUT2D eigenvalue weighted by atomic mass is 10.3. The van der Waals surface area contributed by atoms with Crippen molar-refractivity contribution in [1.29, 1.82) is 0 Å². The highest BCUT2D eigenvalue weighted by atomic mass is 35.5. The van der Waals surface area contributed by atoms with Gasteiger partial charge in [0.2, 0.25) is 0 Å². The zero-order valence-corrected chi connectivity index (χ0v) is 14.7. The number of hydrogen-bond acceptors (Lipinski definition) is 6. The maximum atomic E-state index is 11.7. The van der Waals surface area contributed by atoms with Crippen LogP contribution in [0.5, 0.6) is 5.75 Å². The normalized spacial score (nSPS) is 9.92. The molecule has 0 radical (unpaired) electrons. The molecule has 2 N–H and O–H groups in total. The lowest BCUT2D eigenvalue weighted by molar-refractivity contribution is -0.131. The van der Waals surface area contributed by atoms with E-state index in [1.165, 1.54) is 18.3 Å². The summed E-state index contributed by atoms with van der Waals surface area (Å²) in [5.41, 5.74) is 4.36. The van der Waals surface area contributed by atoms with Crippen molar-refractivity contribution in [1.82, 2.24) is 15.8 Å². The molecule has 136 valence electrons. The van der Waals surface area contributed by atoms with Crippen LogP contribution in [0, 0.1) is 0 Å². The minimum atomic E-state index is -0.748. The van der Waals surface area contributed by atoms with E-state index in [0.29, 0.717) is 10.8 Å². The molecule has 1 aromatic carbocycles. The Morgan fingerprint density at radius 3 is 2.19 bits per heavy atom. The number of nitrogens with one attached hydrogen (secondary N) is 2. The third-order valence-electron chi connectivity index (χ3n) is 2.82. The van der Waals surface area contributed by atoms with E-state index in [2.05, 4.69) is 15.8 Å². The molecule has 2 aromatic rings. The number of nitrogens with zero attached hydrogens (tertiary/aromatic N) is 1. The van der Waals surface area contributed by atoms with Crippen molar-refractivity contribution in [3.05, 3.63) is 58.3 Å². The van der Waals surface area contributed by atoms with Crippen LogP contribution in [0.4, 0.5) is 0 Å². The van der Waals surface area contributed by atoms with Gasteiger partial charge in [-0.05, 0) is 36.4 Å². The van der Waals surface area contributed by atoms with Gasteiger partial charge in [0.25, 0.3) is 11.8 Å². The van der Waals surface area contributed by atoms with Crippen LogP contribution in [0.15, 0.2) is 42.6 Å². The molecule has 10 heteroatoms. The largest absolute Gasteiger partial charge is 0.484 e. The number of hydrogen-bond donors (Lipinski definition) is 2. The Bertz CT molecular complexity index is 781. The highest BCUT2D eigenvalue weighted by Crippen LogP contribution is 2.15. The summed E-state index contributed by atoms with van der Waals surface area (Å²) in [5.74, 6) is -1.62. The molecule has 0 aliphatic carbocycles. The van der Waals surface area contributed by atoms with Crippen LogP contribution in [-0.4, -0.2) is 36.0 Å². The number of esters is 1. The van der Waals surface area contributed by atoms with Crippen molar-refractivity contribution >= 4 is 41.0 Å². The number of hydrazine groups is 1. The predicted molar refractivity (Wildman–Crippen MR) is 92.8 cm³/mol. The molecule has 2 amide bonds. The second kappa shape index (κ2) is 9.59. The number of pyridine rings is 1. The number of halogens is 2. The van der Waals surface area contributed by atoms with E-state index < -0.39 is 24.4 Å². The summed E-state index contributed by atoms with van der Waals surface area (Å²) >= 11 is 11.3. The van der Waals surface area contributed by atoms with Crippen molar-refractivity contribution in [2.24, 2.45) is 0 Å². The molecule has 0 saturated carbocycles. The summed E-state index contributed by atoms with van der Waals surface area (Å²) in [7, 11) is 0. The lowest BCUT2D eigenvalue weighted by Gasteiger charge is -2.09. The van der Waals surface area contributed by atoms with Gasteiger partial charge in [-0.15, -0.1) is 0 Å². The monoisotopic (exact) mass is 397 g/mol. The average Bonchev–Trinajstić information content (AvgIpc) is 2.64. The number of rotatable bonds is 6. The van der Waals surface area contributed by atoms with Gasteiger partial charge >= 0.3 is 5.97 Å². The molecule has 2 rings (SSSR count). The van der Waals surface area contributed by atoms with Crippen molar-refractivity contribution in [2.45, 2.75) is 0 Å². The van der Waals surface area contributed by atoms with Crippen LogP contribution >= 0.6 is 23.2 Å². The fourth-order valence-corrected chi connectivity index (χ4v) is 1.84. The number of aromatic nitrogens is 1. The Morgan fingerprint density at radius 1 is 0.923 bits per heavy atom. The summed E-state index contributed by atoms with van der Waals surface area (Å²) < 4.78 is 9.97. The van der Waals surface area contributed by atoms with E-state index in [0.717, 1.165) is 0 Å². The first kappa shape index (κ1) is 19.5. The van der Waals surface area contributed by atoms with Crippen molar-refractivity contribution in [3.8, 4) is 5.75 Å². The van der Waals surface area contributed by atoms with Crippen LogP contribution in [0.3, 0.4) is 0 Å². The second-order valence-electron chi connectivity index (χ2n) is 4.78. The first-order chi connectivity index (χ1) is 12.4. The van der Waals surface area contributed by atoms with Gasteiger partial charge in [0.05, 0.1) is 5.56 Å². The molecule has 0 spiro atoms. The quantitative estimate of drug-likeness (QED) is 0.437. The van der Waals surface area contributed by atoms with E-state index in [-0.39, 0.29) is 17.3 Å². The van der Waals surface area contributed by atoms with Crippen LogP contribution < -0.4 is 15.6 Å².